The number of carbonyl (C=O) groups is 2. The van der Waals surface area contributed by atoms with Gasteiger partial charge in [0.15, 0.2) is 0 Å². The van der Waals surface area contributed by atoms with Gasteiger partial charge in [-0.15, -0.1) is 0 Å². The van der Waals surface area contributed by atoms with Crippen molar-refractivity contribution in [2.75, 3.05) is 26.7 Å². The number of hydrogen-bond donors (Lipinski definition) is 1. The lowest BCUT2D eigenvalue weighted by Crippen LogP contribution is -2.42. The first-order chi connectivity index (χ1) is 11.6. The van der Waals surface area contributed by atoms with E-state index in [1.54, 1.807) is 7.11 Å². The molecule has 6 heteroatoms. The summed E-state index contributed by atoms with van der Waals surface area (Å²) in [5, 5.41) is 3.01. The molecular weight excluding hydrogens is 306 g/mol. The lowest BCUT2D eigenvalue weighted by molar-refractivity contribution is -0.131. The Kier molecular flexibility index (Phi) is 3.82. The van der Waals surface area contributed by atoms with Crippen molar-refractivity contribution in [2.24, 2.45) is 11.8 Å². The highest BCUT2D eigenvalue weighted by atomic mass is 16.5. The van der Waals surface area contributed by atoms with Gasteiger partial charge < -0.3 is 19.9 Å². The summed E-state index contributed by atoms with van der Waals surface area (Å²) in [6.07, 6.45) is 2.17. The van der Waals surface area contributed by atoms with Crippen LogP contribution in [-0.2, 0) is 11.3 Å². The summed E-state index contributed by atoms with van der Waals surface area (Å²) < 4.78 is 5.16. The van der Waals surface area contributed by atoms with Gasteiger partial charge in [0.25, 0.3) is 0 Å². The number of rotatable bonds is 4. The van der Waals surface area contributed by atoms with Crippen LogP contribution in [0, 0.1) is 11.8 Å². The van der Waals surface area contributed by atoms with Crippen LogP contribution in [0.25, 0.3) is 0 Å². The van der Waals surface area contributed by atoms with Crippen molar-refractivity contribution in [1.82, 2.24) is 15.1 Å². The minimum absolute atomic E-state index is 0.00130. The van der Waals surface area contributed by atoms with Gasteiger partial charge in [-0.2, -0.15) is 0 Å². The lowest BCUT2D eigenvalue weighted by atomic mass is 10.0. The van der Waals surface area contributed by atoms with Crippen LogP contribution in [-0.4, -0.2) is 54.5 Å². The molecule has 0 aromatic heterocycles. The molecule has 3 fully saturated rings. The summed E-state index contributed by atoms with van der Waals surface area (Å²) in [6, 6.07) is 8.19. The number of nitrogens with one attached hydrogen (secondary N) is 1. The van der Waals surface area contributed by atoms with Crippen LogP contribution in [0.5, 0.6) is 5.75 Å². The number of ether oxygens (including phenoxy) is 1. The second-order valence-electron chi connectivity index (χ2n) is 7.06. The highest BCUT2D eigenvalue weighted by molar-refractivity contribution is 5.84. The Morgan fingerprint density at radius 2 is 1.96 bits per heavy atom. The lowest BCUT2D eigenvalue weighted by Gasteiger charge is -2.22. The van der Waals surface area contributed by atoms with E-state index in [1.165, 1.54) is 0 Å². The Hall–Kier alpha value is -2.24. The summed E-state index contributed by atoms with van der Waals surface area (Å²) >= 11 is 0. The standard InChI is InChI=1S/C18H23N3O3/c1-24-15-6-2-12(3-7-15)8-20-9-13-10-21(11-16(13)17(20)22)18(23)19-14-4-5-14/h2-3,6-7,13-14,16H,4-5,8-11H2,1H3,(H,19,23)/t13-,16+/m1/s1. The fraction of sp³-hybridized carbons (Fsp3) is 0.556. The average molecular weight is 329 g/mol. The highest BCUT2D eigenvalue weighted by Crippen LogP contribution is 2.33. The Labute approximate surface area is 141 Å². The third kappa shape index (κ3) is 2.92. The van der Waals surface area contributed by atoms with E-state index in [0.29, 0.717) is 25.7 Å². The van der Waals surface area contributed by atoms with Gasteiger partial charge >= 0.3 is 6.03 Å². The zero-order valence-corrected chi connectivity index (χ0v) is 13.9. The topological polar surface area (TPSA) is 61.9 Å². The molecule has 0 radical (unpaired) electrons. The summed E-state index contributed by atoms with van der Waals surface area (Å²) in [7, 11) is 1.64. The van der Waals surface area contributed by atoms with Crippen LogP contribution in [0.1, 0.15) is 18.4 Å². The number of benzene rings is 1. The number of carbonyl (C=O) groups excluding carboxylic acids is 2. The van der Waals surface area contributed by atoms with Gasteiger partial charge in [0.2, 0.25) is 5.91 Å². The number of hydrogen-bond acceptors (Lipinski definition) is 3. The van der Waals surface area contributed by atoms with Gasteiger partial charge in [-0.25, -0.2) is 4.79 Å². The number of likely N-dealkylation sites (tertiary alicyclic amines) is 2. The largest absolute Gasteiger partial charge is 0.497 e. The maximum Gasteiger partial charge on any atom is 0.317 e. The van der Waals surface area contributed by atoms with Crippen LogP contribution in [0.2, 0.25) is 0 Å². The molecule has 0 spiro atoms. The molecule has 2 saturated heterocycles. The molecule has 1 aromatic rings. The van der Waals surface area contributed by atoms with Gasteiger partial charge in [-0.05, 0) is 30.5 Å². The second-order valence-corrected chi connectivity index (χ2v) is 7.06. The van der Waals surface area contributed by atoms with Gasteiger partial charge in [0.1, 0.15) is 5.75 Å². The summed E-state index contributed by atoms with van der Waals surface area (Å²) in [4.78, 5) is 28.5. The zero-order chi connectivity index (χ0) is 16.7. The third-order valence-electron chi connectivity index (χ3n) is 5.25. The molecule has 128 valence electrons. The van der Waals surface area contributed by atoms with E-state index in [-0.39, 0.29) is 23.8 Å². The molecule has 1 aliphatic carbocycles. The van der Waals surface area contributed by atoms with Crippen molar-refractivity contribution >= 4 is 11.9 Å². The Bertz CT molecular complexity index is 641. The first-order valence-corrected chi connectivity index (χ1v) is 8.61. The van der Waals surface area contributed by atoms with E-state index < -0.39 is 0 Å². The summed E-state index contributed by atoms with van der Waals surface area (Å²) in [5.74, 6) is 1.23. The van der Waals surface area contributed by atoms with Gasteiger partial charge in [-0.3, -0.25) is 4.79 Å². The van der Waals surface area contributed by atoms with E-state index in [9.17, 15) is 9.59 Å². The normalized spacial score (nSPS) is 25.8. The number of methoxy groups -OCH3 is 1. The minimum atomic E-state index is -0.0341. The summed E-state index contributed by atoms with van der Waals surface area (Å²) in [5.41, 5.74) is 1.10. The molecule has 2 atom stereocenters. The maximum absolute atomic E-state index is 12.7. The van der Waals surface area contributed by atoms with Crippen molar-refractivity contribution < 1.29 is 14.3 Å². The molecule has 2 aliphatic heterocycles. The quantitative estimate of drug-likeness (QED) is 0.910. The molecule has 3 amide bonds. The molecule has 3 aliphatic rings. The van der Waals surface area contributed by atoms with Crippen LogP contribution in [0.4, 0.5) is 4.79 Å². The van der Waals surface area contributed by atoms with Crippen molar-refractivity contribution in [2.45, 2.75) is 25.4 Å². The van der Waals surface area contributed by atoms with Crippen molar-refractivity contribution in [3.05, 3.63) is 29.8 Å². The first kappa shape index (κ1) is 15.3. The minimum Gasteiger partial charge on any atom is -0.497 e. The molecule has 1 N–H and O–H groups in total. The molecule has 2 heterocycles. The zero-order valence-electron chi connectivity index (χ0n) is 13.9. The summed E-state index contributed by atoms with van der Waals surface area (Å²) in [6.45, 7) is 2.61. The van der Waals surface area contributed by atoms with Crippen LogP contribution >= 0.6 is 0 Å². The van der Waals surface area contributed by atoms with Crippen molar-refractivity contribution in [3.8, 4) is 5.75 Å². The third-order valence-corrected chi connectivity index (χ3v) is 5.25. The molecule has 6 nitrogen and oxygen atoms in total. The fourth-order valence-electron chi connectivity index (χ4n) is 3.70. The SMILES string of the molecule is COc1ccc(CN2C[C@@H]3CN(C(=O)NC4CC4)C[C@@H]3C2=O)cc1. The molecule has 4 rings (SSSR count). The second kappa shape index (κ2) is 6.00. The van der Waals surface area contributed by atoms with Crippen LogP contribution in [0.15, 0.2) is 24.3 Å². The van der Waals surface area contributed by atoms with Gasteiger partial charge in [-0.1, -0.05) is 12.1 Å². The fourth-order valence-corrected chi connectivity index (χ4v) is 3.70. The van der Waals surface area contributed by atoms with E-state index in [2.05, 4.69) is 5.32 Å². The van der Waals surface area contributed by atoms with Crippen molar-refractivity contribution in [1.29, 1.82) is 0 Å². The highest BCUT2D eigenvalue weighted by Gasteiger charge is 2.47. The van der Waals surface area contributed by atoms with Crippen LogP contribution in [0.3, 0.4) is 0 Å². The number of amides is 3. The monoisotopic (exact) mass is 329 g/mol. The van der Waals surface area contributed by atoms with Crippen molar-refractivity contribution in [3.63, 3.8) is 0 Å². The Morgan fingerprint density at radius 3 is 2.58 bits per heavy atom. The molecule has 0 bridgehead atoms. The number of urea groups is 1. The van der Waals surface area contributed by atoms with E-state index >= 15 is 0 Å². The predicted octanol–water partition coefficient (Wildman–Crippen LogP) is 1.46. The van der Waals surface area contributed by atoms with Gasteiger partial charge in [0.05, 0.1) is 13.0 Å². The van der Waals surface area contributed by atoms with Crippen LogP contribution < -0.4 is 10.1 Å². The molecular formula is C18H23N3O3. The molecule has 1 saturated carbocycles. The number of fused-ring (bicyclic) bond motifs is 1. The van der Waals surface area contributed by atoms with E-state index in [4.69, 9.17) is 4.74 Å². The van der Waals surface area contributed by atoms with E-state index in [1.807, 2.05) is 34.1 Å². The number of nitrogens with zero attached hydrogens (tertiary/aromatic N) is 2. The Morgan fingerprint density at radius 1 is 1.21 bits per heavy atom. The first-order valence-electron chi connectivity index (χ1n) is 8.61. The molecule has 0 unspecified atom stereocenters. The smallest absolute Gasteiger partial charge is 0.317 e. The van der Waals surface area contributed by atoms with E-state index in [0.717, 1.165) is 30.7 Å². The average Bonchev–Trinajstić information content (AvgIpc) is 3.23. The molecule has 24 heavy (non-hydrogen) atoms. The molecule has 1 aromatic carbocycles. The maximum atomic E-state index is 12.7. The Balaban J connectivity index is 1.35. The predicted molar refractivity (Wildman–Crippen MR) is 88.5 cm³/mol. The van der Waals surface area contributed by atoms with Gasteiger partial charge in [0, 0.05) is 38.1 Å².